The van der Waals surface area contributed by atoms with Crippen LogP contribution in [0, 0.1) is 23.7 Å². The Morgan fingerprint density at radius 3 is 2.55 bits per heavy atom. The number of aldehydes is 1. The molecule has 102 valence electrons. The number of carbonyl (C=O) groups is 1. The molecule has 3 heteroatoms. The Morgan fingerprint density at radius 2 is 1.90 bits per heavy atom. The molecule has 3 nitrogen and oxygen atoms in total. The van der Waals surface area contributed by atoms with Gasteiger partial charge >= 0.3 is 0 Å². The van der Waals surface area contributed by atoms with Crippen molar-refractivity contribution in [2.45, 2.75) is 13.0 Å². The molecule has 0 aliphatic carbocycles. The van der Waals surface area contributed by atoms with Gasteiger partial charge in [-0.3, -0.25) is 9.69 Å². The summed E-state index contributed by atoms with van der Waals surface area (Å²) in [7, 11) is 0. The minimum absolute atomic E-state index is 0.200. The molecule has 0 bridgehead atoms. The van der Waals surface area contributed by atoms with Gasteiger partial charge in [0.05, 0.1) is 19.3 Å². The lowest BCUT2D eigenvalue weighted by molar-refractivity contribution is 0.0302. The first kappa shape index (κ1) is 14.3. The van der Waals surface area contributed by atoms with Crippen LogP contribution in [0.15, 0.2) is 24.3 Å². The number of ether oxygens (including phenoxy) is 1. The molecule has 0 aromatic heterocycles. The Hall–Kier alpha value is -2.07. The molecule has 1 aliphatic rings. The summed E-state index contributed by atoms with van der Waals surface area (Å²) >= 11 is 0. The monoisotopic (exact) mass is 267 g/mol. The Bertz CT molecular complexity index is 563. The van der Waals surface area contributed by atoms with Crippen molar-refractivity contribution in [3.05, 3.63) is 35.4 Å². The molecular weight excluding hydrogens is 250 g/mol. The van der Waals surface area contributed by atoms with Crippen molar-refractivity contribution in [2.75, 3.05) is 26.3 Å². The first-order valence-corrected chi connectivity index (χ1v) is 6.68. The molecule has 1 saturated heterocycles. The molecule has 1 aromatic rings. The predicted molar refractivity (Wildman–Crippen MR) is 78.3 cm³/mol. The number of rotatable bonds is 2. The van der Waals surface area contributed by atoms with E-state index in [2.05, 4.69) is 35.5 Å². The molecule has 0 spiro atoms. The maximum absolute atomic E-state index is 10.5. The van der Waals surface area contributed by atoms with Crippen molar-refractivity contribution in [1.82, 2.24) is 4.90 Å². The summed E-state index contributed by atoms with van der Waals surface area (Å²) < 4.78 is 5.31. The number of nitrogens with zero attached hydrogens (tertiary/aromatic N) is 1. The van der Waals surface area contributed by atoms with Crippen molar-refractivity contribution >= 4 is 6.29 Å². The zero-order chi connectivity index (χ0) is 14.2. The van der Waals surface area contributed by atoms with Gasteiger partial charge in [-0.05, 0) is 30.9 Å². The van der Waals surface area contributed by atoms with Crippen LogP contribution in [-0.4, -0.2) is 43.5 Å². The van der Waals surface area contributed by atoms with Crippen LogP contribution in [0.3, 0.4) is 0 Å². The molecule has 2 rings (SSSR count). The van der Waals surface area contributed by atoms with Crippen LogP contribution in [0.4, 0.5) is 0 Å². The minimum Gasteiger partial charge on any atom is -0.379 e. The van der Waals surface area contributed by atoms with Crippen LogP contribution in [0.1, 0.15) is 22.8 Å². The van der Waals surface area contributed by atoms with E-state index in [0.717, 1.165) is 38.2 Å². The second-order valence-corrected chi connectivity index (χ2v) is 4.58. The topological polar surface area (TPSA) is 29.5 Å². The van der Waals surface area contributed by atoms with Crippen LogP contribution < -0.4 is 0 Å². The highest BCUT2D eigenvalue weighted by Gasteiger charge is 2.14. The molecule has 0 saturated carbocycles. The third-order valence-corrected chi connectivity index (χ3v) is 3.19. The van der Waals surface area contributed by atoms with Gasteiger partial charge in [0.15, 0.2) is 0 Å². The maximum Gasteiger partial charge on any atom is 0.150 e. The van der Waals surface area contributed by atoms with Gasteiger partial charge in [0, 0.05) is 24.2 Å². The van der Waals surface area contributed by atoms with Gasteiger partial charge in [0.1, 0.15) is 6.29 Å². The number of benzene rings is 1. The standard InChI is InChI=1S/C17H17NO2/c1-15(18-10-12-20-13-11-18)4-2-3-5-16-6-8-17(14-19)9-7-16/h6-9,14-15H,10-13H2,1H3. The van der Waals surface area contributed by atoms with Gasteiger partial charge < -0.3 is 4.74 Å². The predicted octanol–water partition coefficient (Wildman–Crippen LogP) is 1.57. The van der Waals surface area contributed by atoms with Gasteiger partial charge in [-0.25, -0.2) is 0 Å². The quantitative estimate of drug-likeness (QED) is 0.602. The molecule has 1 aromatic carbocycles. The highest BCUT2D eigenvalue weighted by Crippen LogP contribution is 2.02. The number of hydrogen-bond donors (Lipinski definition) is 0. The molecule has 0 radical (unpaired) electrons. The summed E-state index contributed by atoms with van der Waals surface area (Å²) in [6.07, 6.45) is 0.820. The van der Waals surface area contributed by atoms with E-state index in [9.17, 15) is 4.79 Å². The summed E-state index contributed by atoms with van der Waals surface area (Å²) in [5.41, 5.74) is 1.52. The van der Waals surface area contributed by atoms with Crippen LogP contribution in [0.2, 0.25) is 0 Å². The summed E-state index contributed by atoms with van der Waals surface area (Å²) in [6.45, 7) is 5.49. The average Bonchev–Trinajstić information content (AvgIpc) is 2.53. The fourth-order valence-electron chi connectivity index (χ4n) is 1.95. The normalized spacial score (nSPS) is 16.2. The van der Waals surface area contributed by atoms with Gasteiger partial charge in [-0.15, -0.1) is 0 Å². The van der Waals surface area contributed by atoms with E-state index in [1.54, 1.807) is 12.1 Å². The summed E-state index contributed by atoms with van der Waals surface area (Å²) in [5.74, 6) is 11.9. The zero-order valence-corrected chi connectivity index (χ0v) is 11.6. The van der Waals surface area contributed by atoms with E-state index in [4.69, 9.17) is 4.74 Å². The van der Waals surface area contributed by atoms with Gasteiger partial charge in [-0.1, -0.05) is 24.0 Å². The SMILES string of the molecule is CC(C#CC#Cc1ccc(C=O)cc1)N1CCOCC1. The maximum atomic E-state index is 10.5. The molecule has 1 heterocycles. The Labute approximate surface area is 119 Å². The Kier molecular flexibility index (Phi) is 5.38. The third-order valence-electron chi connectivity index (χ3n) is 3.19. The van der Waals surface area contributed by atoms with Crippen molar-refractivity contribution in [3.63, 3.8) is 0 Å². The van der Waals surface area contributed by atoms with Crippen molar-refractivity contribution in [1.29, 1.82) is 0 Å². The fourth-order valence-corrected chi connectivity index (χ4v) is 1.95. The Morgan fingerprint density at radius 1 is 1.20 bits per heavy atom. The van der Waals surface area contributed by atoms with Crippen molar-refractivity contribution < 1.29 is 9.53 Å². The van der Waals surface area contributed by atoms with E-state index >= 15 is 0 Å². The second-order valence-electron chi connectivity index (χ2n) is 4.58. The summed E-state index contributed by atoms with van der Waals surface area (Å²) in [5, 5.41) is 0. The lowest BCUT2D eigenvalue weighted by Gasteiger charge is -2.29. The van der Waals surface area contributed by atoms with Crippen LogP contribution in [0.5, 0.6) is 0 Å². The smallest absolute Gasteiger partial charge is 0.150 e. The molecule has 1 atom stereocenters. The summed E-state index contributed by atoms with van der Waals surface area (Å²) in [6, 6.07) is 7.35. The van der Waals surface area contributed by atoms with E-state index in [-0.39, 0.29) is 6.04 Å². The fraction of sp³-hybridized carbons (Fsp3) is 0.353. The number of hydrogen-bond acceptors (Lipinski definition) is 3. The van der Waals surface area contributed by atoms with Crippen molar-refractivity contribution in [2.24, 2.45) is 0 Å². The molecule has 1 fully saturated rings. The van der Waals surface area contributed by atoms with Crippen molar-refractivity contribution in [3.8, 4) is 23.7 Å². The van der Waals surface area contributed by atoms with E-state index in [1.807, 2.05) is 12.1 Å². The minimum atomic E-state index is 0.200. The highest BCUT2D eigenvalue weighted by atomic mass is 16.5. The third kappa shape index (κ3) is 4.24. The molecule has 0 N–H and O–H groups in total. The lowest BCUT2D eigenvalue weighted by atomic mass is 10.1. The first-order chi connectivity index (χ1) is 9.79. The van der Waals surface area contributed by atoms with Crippen LogP contribution in [0.25, 0.3) is 0 Å². The van der Waals surface area contributed by atoms with E-state index < -0.39 is 0 Å². The first-order valence-electron chi connectivity index (χ1n) is 6.68. The zero-order valence-electron chi connectivity index (χ0n) is 11.6. The molecule has 1 unspecified atom stereocenters. The second kappa shape index (κ2) is 7.50. The van der Waals surface area contributed by atoms with E-state index in [1.165, 1.54) is 0 Å². The van der Waals surface area contributed by atoms with Crippen LogP contribution in [-0.2, 0) is 4.74 Å². The molecule has 1 aliphatic heterocycles. The molecule has 20 heavy (non-hydrogen) atoms. The van der Waals surface area contributed by atoms with Gasteiger partial charge in [0.2, 0.25) is 0 Å². The molecular formula is C17H17NO2. The number of carbonyl (C=O) groups excluding carboxylic acids is 1. The van der Waals surface area contributed by atoms with E-state index in [0.29, 0.717) is 5.56 Å². The number of morpholine rings is 1. The largest absolute Gasteiger partial charge is 0.379 e. The average molecular weight is 267 g/mol. The Balaban J connectivity index is 1.92. The van der Waals surface area contributed by atoms with Crippen LogP contribution >= 0.6 is 0 Å². The lowest BCUT2D eigenvalue weighted by Crippen LogP contribution is -2.41. The summed E-state index contributed by atoms with van der Waals surface area (Å²) in [4.78, 5) is 12.8. The molecule has 0 amide bonds. The highest BCUT2D eigenvalue weighted by molar-refractivity contribution is 5.74. The van der Waals surface area contributed by atoms with Gasteiger partial charge in [-0.2, -0.15) is 0 Å². The van der Waals surface area contributed by atoms with Gasteiger partial charge in [0.25, 0.3) is 0 Å².